The number of hydrogen-bond donors (Lipinski definition) is 2. The van der Waals surface area contributed by atoms with Crippen LogP contribution < -0.4 is 16.8 Å². The summed E-state index contributed by atoms with van der Waals surface area (Å²) in [6, 6.07) is 3.33. The second-order valence-electron chi connectivity index (χ2n) is 6.87. The van der Waals surface area contributed by atoms with Gasteiger partial charge in [-0.15, -0.1) is 0 Å². The van der Waals surface area contributed by atoms with E-state index in [2.05, 4.69) is 46.5 Å². The molecule has 0 aliphatic rings. The SMILES string of the molecule is CC(C)(C)[Si](c1nc(N)ccc1C(N)=O)C(C)(C)C. The van der Waals surface area contributed by atoms with Crippen LogP contribution >= 0.6 is 0 Å². The first-order valence-corrected chi connectivity index (χ1v) is 7.89. The molecule has 1 radical (unpaired) electrons. The van der Waals surface area contributed by atoms with E-state index in [1.807, 2.05) is 0 Å². The molecule has 0 bridgehead atoms. The van der Waals surface area contributed by atoms with Crippen molar-refractivity contribution in [3.63, 3.8) is 0 Å². The average Bonchev–Trinajstić information content (AvgIpc) is 2.11. The van der Waals surface area contributed by atoms with Gasteiger partial charge in [0, 0.05) is 5.32 Å². The molecule has 0 fully saturated rings. The predicted molar refractivity (Wildman–Crippen MR) is 82.0 cm³/mol. The first-order valence-electron chi connectivity index (χ1n) is 6.39. The van der Waals surface area contributed by atoms with E-state index in [9.17, 15) is 4.79 Å². The minimum Gasteiger partial charge on any atom is -0.384 e. The molecule has 0 aromatic carbocycles. The third kappa shape index (κ3) is 3.56. The highest BCUT2D eigenvalue weighted by Crippen LogP contribution is 2.41. The van der Waals surface area contributed by atoms with Crippen molar-refractivity contribution in [1.29, 1.82) is 0 Å². The number of nitrogens with zero attached hydrogens (tertiary/aromatic N) is 1. The molecule has 19 heavy (non-hydrogen) atoms. The molecule has 5 heteroatoms. The molecular weight excluding hydrogens is 254 g/mol. The van der Waals surface area contributed by atoms with Gasteiger partial charge in [-0.25, -0.2) is 4.98 Å². The van der Waals surface area contributed by atoms with Gasteiger partial charge in [-0.2, -0.15) is 0 Å². The van der Waals surface area contributed by atoms with Crippen LogP contribution in [0.25, 0.3) is 0 Å². The average molecular weight is 278 g/mol. The van der Waals surface area contributed by atoms with Gasteiger partial charge in [-0.3, -0.25) is 4.79 Å². The van der Waals surface area contributed by atoms with Crippen molar-refractivity contribution in [2.24, 2.45) is 5.73 Å². The number of primary amides is 1. The lowest BCUT2D eigenvalue weighted by Crippen LogP contribution is -2.50. The van der Waals surface area contributed by atoms with E-state index in [0.717, 1.165) is 5.32 Å². The van der Waals surface area contributed by atoms with Crippen LogP contribution in [0.1, 0.15) is 51.9 Å². The number of carbonyl (C=O) groups is 1. The normalized spacial score (nSPS) is 12.8. The van der Waals surface area contributed by atoms with Crippen molar-refractivity contribution in [1.82, 2.24) is 4.98 Å². The lowest BCUT2D eigenvalue weighted by molar-refractivity contribution is 0.100. The summed E-state index contributed by atoms with van der Waals surface area (Å²) in [5, 5.41) is 0.902. The summed E-state index contributed by atoms with van der Waals surface area (Å²) in [6.07, 6.45) is 0. The van der Waals surface area contributed by atoms with Crippen molar-refractivity contribution < 1.29 is 4.79 Å². The Labute approximate surface area is 117 Å². The Morgan fingerprint density at radius 1 is 1.11 bits per heavy atom. The van der Waals surface area contributed by atoms with Gasteiger partial charge in [-0.1, -0.05) is 41.5 Å². The van der Waals surface area contributed by atoms with Gasteiger partial charge in [0.2, 0.25) is 5.91 Å². The van der Waals surface area contributed by atoms with E-state index < -0.39 is 14.7 Å². The Morgan fingerprint density at radius 3 is 1.95 bits per heavy atom. The molecule has 0 atom stereocenters. The lowest BCUT2D eigenvalue weighted by atomic mass is 10.2. The van der Waals surface area contributed by atoms with Crippen LogP contribution in [0.5, 0.6) is 0 Å². The smallest absolute Gasteiger partial charge is 0.250 e. The summed E-state index contributed by atoms with van der Waals surface area (Å²) in [6.45, 7) is 13.1. The third-order valence-electron chi connectivity index (χ3n) is 2.92. The van der Waals surface area contributed by atoms with Crippen molar-refractivity contribution in [3.8, 4) is 0 Å². The maximum atomic E-state index is 11.6. The van der Waals surface area contributed by atoms with Gasteiger partial charge in [0.05, 0.1) is 5.56 Å². The molecule has 1 heterocycles. The fourth-order valence-electron chi connectivity index (χ4n) is 2.70. The number of nitrogens with two attached hydrogens (primary N) is 2. The van der Waals surface area contributed by atoms with Crippen molar-refractivity contribution in [3.05, 3.63) is 17.7 Å². The van der Waals surface area contributed by atoms with Gasteiger partial charge in [0.15, 0.2) is 0 Å². The highest BCUT2D eigenvalue weighted by Gasteiger charge is 2.41. The van der Waals surface area contributed by atoms with E-state index in [1.165, 1.54) is 0 Å². The molecule has 0 aliphatic heterocycles. The highest BCUT2D eigenvalue weighted by molar-refractivity contribution is 6.78. The summed E-state index contributed by atoms with van der Waals surface area (Å²) in [4.78, 5) is 16.1. The first-order chi connectivity index (χ1) is 8.44. The Bertz CT molecular complexity index is 472. The fraction of sp³-hybridized carbons (Fsp3) is 0.571. The van der Waals surface area contributed by atoms with Crippen LogP contribution in [0.4, 0.5) is 5.82 Å². The minimum absolute atomic E-state index is 0.0495. The van der Waals surface area contributed by atoms with Crippen LogP contribution in [0.2, 0.25) is 10.1 Å². The molecule has 0 aliphatic carbocycles. The second kappa shape index (κ2) is 4.96. The number of carbonyl (C=O) groups excluding carboxylic acids is 1. The Hall–Kier alpha value is -1.36. The number of amides is 1. The molecule has 105 valence electrons. The second-order valence-corrected chi connectivity index (χ2v) is 11.1. The van der Waals surface area contributed by atoms with Gasteiger partial charge in [-0.05, 0) is 22.2 Å². The summed E-state index contributed by atoms with van der Waals surface area (Å²) in [5.74, 6) is 0.00880. The fourth-order valence-corrected chi connectivity index (χ4v) is 7.09. The van der Waals surface area contributed by atoms with Gasteiger partial charge >= 0.3 is 0 Å². The zero-order valence-electron chi connectivity index (χ0n) is 12.7. The maximum Gasteiger partial charge on any atom is 0.250 e. The van der Waals surface area contributed by atoms with Crippen LogP contribution in [-0.2, 0) is 0 Å². The number of rotatable bonds is 2. The van der Waals surface area contributed by atoms with E-state index >= 15 is 0 Å². The molecule has 1 aromatic heterocycles. The van der Waals surface area contributed by atoms with E-state index in [-0.39, 0.29) is 10.1 Å². The molecule has 0 saturated carbocycles. The number of pyridine rings is 1. The predicted octanol–water partition coefficient (Wildman–Crippen LogP) is 2.06. The molecule has 4 N–H and O–H groups in total. The van der Waals surface area contributed by atoms with E-state index in [1.54, 1.807) is 12.1 Å². The minimum atomic E-state index is -1.14. The van der Waals surface area contributed by atoms with E-state index in [4.69, 9.17) is 11.5 Å². The van der Waals surface area contributed by atoms with Crippen LogP contribution in [0.15, 0.2) is 12.1 Å². The quantitative estimate of drug-likeness (QED) is 0.812. The molecule has 0 spiro atoms. The maximum absolute atomic E-state index is 11.6. The van der Waals surface area contributed by atoms with Crippen molar-refractivity contribution >= 4 is 25.8 Å². The van der Waals surface area contributed by atoms with Crippen LogP contribution in [0.3, 0.4) is 0 Å². The molecule has 1 rings (SSSR count). The Morgan fingerprint density at radius 2 is 1.58 bits per heavy atom. The number of hydrogen-bond acceptors (Lipinski definition) is 3. The number of anilines is 1. The molecular formula is C14H24N3OSi. The molecule has 0 unspecified atom stereocenters. The number of nitrogen functional groups attached to an aromatic ring is 1. The van der Waals surface area contributed by atoms with E-state index in [0.29, 0.717) is 11.4 Å². The summed E-state index contributed by atoms with van der Waals surface area (Å²) >= 11 is 0. The zero-order valence-corrected chi connectivity index (χ0v) is 13.7. The summed E-state index contributed by atoms with van der Waals surface area (Å²) in [7, 11) is -1.14. The van der Waals surface area contributed by atoms with Crippen molar-refractivity contribution in [2.75, 3.05) is 5.73 Å². The topological polar surface area (TPSA) is 82.0 Å². The third-order valence-corrected chi connectivity index (χ3v) is 6.77. The Kier molecular flexibility index (Phi) is 4.10. The number of aromatic nitrogens is 1. The lowest BCUT2D eigenvalue weighted by Gasteiger charge is -2.39. The largest absolute Gasteiger partial charge is 0.384 e. The van der Waals surface area contributed by atoms with Crippen LogP contribution in [0, 0.1) is 0 Å². The van der Waals surface area contributed by atoms with Gasteiger partial charge in [0.1, 0.15) is 14.6 Å². The zero-order chi connectivity index (χ0) is 15.0. The molecule has 4 nitrogen and oxygen atoms in total. The molecule has 1 amide bonds. The molecule has 1 aromatic rings. The molecule has 0 saturated heterocycles. The summed E-state index contributed by atoms with van der Waals surface area (Å²) < 4.78 is 0. The summed E-state index contributed by atoms with van der Waals surface area (Å²) in [5.41, 5.74) is 11.8. The monoisotopic (exact) mass is 278 g/mol. The highest BCUT2D eigenvalue weighted by atomic mass is 28.3. The van der Waals surface area contributed by atoms with Crippen molar-refractivity contribution in [2.45, 2.75) is 51.6 Å². The first kappa shape index (κ1) is 15.7. The van der Waals surface area contributed by atoms with Gasteiger partial charge in [0.25, 0.3) is 0 Å². The Balaban J connectivity index is 3.55. The van der Waals surface area contributed by atoms with Crippen LogP contribution in [-0.4, -0.2) is 19.7 Å². The van der Waals surface area contributed by atoms with Gasteiger partial charge < -0.3 is 11.5 Å². The standard InChI is InChI=1S/C14H24N3OSi/c1-13(2,3)19(14(4,5)6)12-9(11(16)18)7-8-10(15)17-12/h7-8H,1-6H3,(H2,15,17)(H2,16,18).